The molecule has 1 aliphatic rings. The second-order valence-corrected chi connectivity index (χ2v) is 9.75. The van der Waals surface area contributed by atoms with Crippen LogP contribution in [-0.2, 0) is 6.42 Å². The first-order chi connectivity index (χ1) is 17.4. The number of hydrogen-bond acceptors (Lipinski definition) is 4. The van der Waals surface area contributed by atoms with Gasteiger partial charge in [0.2, 0.25) is 0 Å². The zero-order chi connectivity index (χ0) is 25.7. The summed E-state index contributed by atoms with van der Waals surface area (Å²) in [6.45, 7) is 11.5. The van der Waals surface area contributed by atoms with Crippen molar-refractivity contribution in [2.24, 2.45) is 0 Å². The Morgan fingerprint density at radius 1 is 1.05 bits per heavy atom. The summed E-state index contributed by atoms with van der Waals surface area (Å²) in [6, 6.07) is 12.4. The third-order valence-corrected chi connectivity index (χ3v) is 7.25. The SMILES string of the molecule is CCCc1nc(C(=O)NCCCN2CCN(c3cccc(Cl)c3C)CC2)c(C)n1-c1ccc(F)cc1.Cl.Cl. The fourth-order valence-corrected chi connectivity index (χ4v) is 5.01. The minimum atomic E-state index is -0.285. The van der Waals surface area contributed by atoms with Gasteiger partial charge < -0.3 is 14.8 Å². The van der Waals surface area contributed by atoms with Crippen LogP contribution in [0, 0.1) is 19.7 Å². The highest BCUT2D eigenvalue weighted by Gasteiger charge is 2.21. The Morgan fingerprint density at radius 2 is 1.74 bits per heavy atom. The smallest absolute Gasteiger partial charge is 0.271 e. The lowest BCUT2D eigenvalue weighted by molar-refractivity contribution is 0.0946. The maximum absolute atomic E-state index is 13.4. The maximum atomic E-state index is 13.4. The van der Waals surface area contributed by atoms with E-state index < -0.39 is 0 Å². The van der Waals surface area contributed by atoms with E-state index in [1.165, 1.54) is 17.8 Å². The van der Waals surface area contributed by atoms with Gasteiger partial charge in [0, 0.05) is 55.5 Å². The third-order valence-electron chi connectivity index (χ3n) is 6.84. The monoisotopic (exact) mass is 583 g/mol. The first-order valence-electron chi connectivity index (χ1n) is 12.7. The van der Waals surface area contributed by atoms with E-state index in [9.17, 15) is 9.18 Å². The summed E-state index contributed by atoms with van der Waals surface area (Å²) >= 11 is 6.30. The van der Waals surface area contributed by atoms with Gasteiger partial charge in [-0.25, -0.2) is 9.37 Å². The van der Waals surface area contributed by atoms with Crippen LogP contribution < -0.4 is 10.2 Å². The Labute approximate surface area is 242 Å². The normalized spacial score (nSPS) is 13.6. The van der Waals surface area contributed by atoms with Crippen molar-refractivity contribution in [3.8, 4) is 5.69 Å². The highest BCUT2D eigenvalue weighted by Crippen LogP contribution is 2.27. The van der Waals surface area contributed by atoms with Crippen LogP contribution in [0.1, 0.15) is 47.3 Å². The number of benzene rings is 2. The lowest BCUT2D eigenvalue weighted by atomic mass is 10.1. The zero-order valence-corrected chi connectivity index (χ0v) is 24.6. The van der Waals surface area contributed by atoms with Gasteiger partial charge in [-0.3, -0.25) is 9.69 Å². The molecule has 3 aromatic rings. The fraction of sp³-hybridized carbons (Fsp3) is 0.429. The fourth-order valence-electron chi connectivity index (χ4n) is 4.84. The lowest BCUT2D eigenvalue weighted by Gasteiger charge is -2.37. The van der Waals surface area contributed by atoms with E-state index in [0.717, 1.165) is 79.8 Å². The molecule has 1 amide bonds. The molecule has 2 aromatic carbocycles. The number of carbonyl (C=O) groups excluding carboxylic acids is 1. The van der Waals surface area contributed by atoms with Gasteiger partial charge in [-0.1, -0.05) is 24.6 Å². The molecule has 4 rings (SSSR count). The van der Waals surface area contributed by atoms with E-state index in [0.29, 0.717) is 12.2 Å². The van der Waals surface area contributed by atoms with Crippen LogP contribution in [0.15, 0.2) is 42.5 Å². The van der Waals surface area contributed by atoms with Crippen LogP contribution in [-0.4, -0.2) is 59.6 Å². The lowest BCUT2D eigenvalue weighted by Crippen LogP contribution is -2.47. The number of hydrogen-bond donors (Lipinski definition) is 1. The van der Waals surface area contributed by atoms with Crippen LogP contribution in [0.4, 0.5) is 10.1 Å². The first-order valence-corrected chi connectivity index (χ1v) is 13.1. The third kappa shape index (κ3) is 7.41. The molecule has 0 atom stereocenters. The molecule has 38 heavy (non-hydrogen) atoms. The van der Waals surface area contributed by atoms with Crippen molar-refractivity contribution in [1.82, 2.24) is 19.8 Å². The van der Waals surface area contributed by atoms with Crippen LogP contribution in [0.2, 0.25) is 5.02 Å². The van der Waals surface area contributed by atoms with Gasteiger partial charge in [-0.2, -0.15) is 0 Å². The van der Waals surface area contributed by atoms with Crippen molar-refractivity contribution in [3.05, 3.63) is 76.1 Å². The number of amides is 1. The molecule has 0 unspecified atom stereocenters. The van der Waals surface area contributed by atoms with Gasteiger partial charge >= 0.3 is 0 Å². The Hall–Kier alpha value is -2.32. The van der Waals surface area contributed by atoms with Gasteiger partial charge in [0.15, 0.2) is 0 Å². The van der Waals surface area contributed by atoms with Gasteiger partial charge in [-0.15, -0.1) is 24.8 Å². The highest BCUT2D eigenvalue weighted by molar-refractivity contribution is 6.31. The van der Waals surface area contributed by atoms with E-state index in [4.69, 9.17) is 11.6 Å². The second-order valence-electron chi connectivity index (χ2n) is 9.35. The number of nitrogens with one attached hydrogen (secondary N) is 1. The molecule has 0 radical (unpaired) electrons. The number of carbonyl (C=O) groups is 1. The summed E-state index contributed by atoms with van der Waals surface area (Å²) in [4.78, 5) is 22.4. The van der Waals surface area contributed by atoms with Crippen LogP contribution in [0.25, 0.3) is 5.69 Å². The van der Waals surface area contributed by atoms with Gasteiger partial charge in [0.25, 0.3) is 5.91 Å². The molecule has 1 aromatic heterocycles. The average Bonchev–Trinajstić information content (AvgIpc) is 3.20. The predicted molar refractivity (Wildman–Crippen MR) is 159 cm³/mol. The minimum absolute atomic E-state index is 0. The van der Waals surface area contributed by atoms with Crippen LogP contribution in [0.5, 0.6) is 0 Å². The molecule has 6 nitrogen and oxygen atoms in total. The zero-order valence-electron chi connectivity index (χ0n) is 22.2. The highest BCUT2D eigenvalue weighted by atomic mass is 35.5. The molecule has 2 heterocycles. The Bertz CT molecular complexity index is 1190. The van der Waals surface area contributed by atoms with Gasteiger partial charge in [-0.05, 0) is 75.2 Å². The number of imidazole rings is 1. The molecule has 1 aliphatic heterocycles. The molecular weight excluding hydrogens is 548 g/mol. The summed E-state index contributed by atoms with van der Waals surface area (Å²) < 4.78 is 15.4. The van der Waals surface area contributed by atoms with Crippen molar-refractivity contribution >= 4 is 48.0 Å². The number of aryl methyl sites for hydroxylation is 1. The summed E-state index contributed by atoms with van der Waals surface area (Å²) in [5.41, 5.74) is 4.38. The topological polar surface area (TPSA) is 53.4 Å². The molecule has 0 saturated carbocycles. The Morgan fingerprint density at radius 3 is 2.39 bits per heavy atom. The predicted octanol–water partition coefficient (Wildman–Crippen LogP) is 6.02. The van der Waals surface area contributed by atoms with E-state index >= 15 is 0 Å². The number of nitrogens with zero attached hydrogens (tertiary/aromatic N) is 4. The first kappa shape index (κ1) is 31.9. The number of aromatic nitrogens is 2. The van der Waals surface area contributed by atoms with E-state index in [2.05, 4.69) is 40.0 Å². The molecule has 0 spiro atoms. The Kier molecular flexibility index (Phi) is 12.4. The molecule has 0 bridgehead atoms. The number of anilines is 1. The van der Waals surface area contributed by atoms with Crippen LogP contribution >= 0.6 is 36.4 Å². The Balaban J connectivity index is 0.00000253. The molecule has 208 valence electrons. The van der Waals surface area contributed by atoms with Crippen molar-refractivity contribution in [2.75, 3.05) is 44.2 Å². The van der Waals surface area contributed by atoms with Gasteiger partial charge in [0.1, 0.15) is 17.3 Å². The van der Waals surface area contributed by atoms with Crippen LogP contribution in [0.3, 0.4) is 0 Å². The van der Waals surface area contributed by atoms with Crippen molar-refractivity contribution < 1.29 is 9.18 Å². The molecule has 1 N–H and O–H groups in total. The number of rotatable bonds is 9. The minimum Gasteiger partial charge on any atom is -0.369 e. The maximum Gasteiger partial charge on any atom is 0.271 e. The van der Waals surface area contributed by atoms with E-state index in [1.807, 2.05) is 23.6 Å². The average molecular weight is 585 g/mol. The van der Waals surface area contributed by atoms with Crippen molar-refractivity contribution in [1.29, 1.82) is 0 Å². The quantitative estimate of drug-likeness (QED) is 0.313. The summed E-state index contributed by atoms with van der Waals surface area (Å²) in [5.74, 6) is 0.374. The summed E-state index contributed by atoms with van der Waals surface area (Å²) in [7, 11) is 0. The van der Waals surface area contributed by atoms with E-state index in [1.54, 1.807) is 12.1 Å². The largest absolute Gasteiger partial charge is 0.369 e. The summed E-state index contributed by atoms with van der Waals surface area (Å²) in [5, 5.41) is 3.85. The van der Waals surface area contributed by atoms with Crippen molar-refractivity contribution in [2.45, 2.75) is 40.0 Å². The number of halogens is 4. The molecule has 1 saturated heterocycles. The second kappa shape index (κ2) is 14.7. The standard InChI is InChI=1S/C28H35ClFN5O.2ClH/c1-4-7-26-32-27(21(3)35(26)23-12-10-22(30)11-13-23)28(36)31-14-6-15-33-16-18-34(19-17-33)25-9-5-8-24(29)20(25)2;;/h5,8-13H,4,6-7,14-19H2,1-3H3,(H,31,36);2*1H. The summed E-state index contributed by atoms with van der Waals surface area (Å²) in [6.07, 6.45) is 2.52. The van der Waals surface area contributed by atoms with Gasteiger partial charge in [0.05, 0.1) is 5.69 Å². The molecule has 10 heteroatoms. The number of piperazine rings is 1. The van der Waals surface area contributed by atoms with E-state index in [-0.39, 0.29) is 36.5 Å². The molecule has 0 aliphatic carbocycles. The molecular formula is C28H37Cl3FN5O. The molecule has 1 fully saturated rings. The van der Waals surface area contributed by atoms with Crippen molar-refractivity contribution in [3.63, 3.8) is 0 Å².